The normalized spacial score (nSPS) is 22.2. The van der Waals surface area contributed by atoms with Crippen LogP contribution in [-0.4, -0.2) is 39.6 Å². The Hall–Kier alpha value is -1.96. The molecular formula is C22H21ClN2O3S. The highest BCUT2D eigenvalue weighted by molar-refractivity contribution is 7.89. The maximum atomic E-state index is 13.2. The van der Waals surface area contributed by atoms with Crippen LogP contribution in [0, 0.1) is 0 Å². The molecule has 5 rings (SSSR count). The van der Waals surface area contributed by atoms with E-state index in [9.17, 15) is 8.42 Å². The summed E-state index contributed by atoms with van der Waals surface area (Å²) in [6.45, 7) is 2.85. The number of sulfonamides is 1. The van der Waals surface area contributed by atoms with Crippen LogP contribution >= 0.6 is 11.6 Å². The van der Waals surface area contributed by atoms with E-state index in [1.54, 1.807) is 12.1 Å². The summed E-state index contributed by atoms with van der Waals surface area (Å²) < 4.78 is 34.9. The summed E-state index contributed by atoms with van der Waals surface area (Å²) in [6, 6.07) is 18.2. The van der Waals surface area contributed by atoms with Gasteiger partial charge in [-0.1, -0.05) is 48.0 Å². The quantitative estimate of drug-likeness (QED) is 0.684. The second-order valence-corrected chi connectivity index (χ2v) is 9.59. The van der Waals surface area contributed by atoms with E-state index in [-0.39, 0.29) is 17.0 Å². The molecule has 0 bridgehead atoms. The molecule has 2 atom stereocenters. The molecule has 0 radical (unpaired) electrons. The molecule has 0 amide bonds. The number of ether oxygens (including phenoxy) is 1. The molecule has 1 aliphatic carbocycles. The molecule has 1 fully saturated rings. The minimum atomic E-state index is -3.71. The Kier molecular flexibility index (Phi) is 4.84. The number of hydrogen-bond donors (Lipinski definition) is 1. The van der Waals surface area contributed by atoms with E-state index in [4.69, 9.17) is 16.3 Å². The molecule has 150 valence electrons. The van der Waals surface area contributed by atoms with Gasteiger partial charge >= 0.3 is 0 Å². The van der Waals surface area contributed by atoms with Crippen LogP contribution in [0.3, 0.4) is 0 Å². The Morgan fingerprint density at radius 3 is 2.28 bits per heavy atom. The molecule has 5 nitrogen and oxygen atoms in total. The Bertz CT molecular complexity index is 1150. The van der Waals surface area contributed by atoms with Crippen molar-refractivity contribution in [3.63, 3.8) is 0 Å². The number of benzene rings is 3. The van der Waals surface area contributed by atoms with Gasteiger partial charge in [0.15, 0.2) is 0 Å². The summed E-state index contributed by atoms with van der Waals surface area (Å²) in [7, 11) is -3.71. The highest BCUT2D eigenvalue weighted by Gasteiger charge is 2.40. The van der Waals surface area contributed by atoms with Crippen LogP contribution in [0.4, 0.5) is 0 Å². The van der Waals surface area contributed by atoms with Crippen molar-refractivity contribution < 1.29 is 13.2 Å². The van der Waals surface area contributed by atoms with Gasteiger partial charge in [0.1, 0.15) is 0 Å². The second-order valence-electron chi connectivity index (χ2n) is 7.44. The van der Waals surface area contributed by atoms with Crippen LogP contribution in [0.1, 0.15) is 23.2 Å². The van der Waals surface area contributed by atoms with Crippen molar-refractivity contribution in [2.24, 2.45) is 0 Å². The Labute approximate surface area is 175 Å². The summed E-state index contributed by atoms with van der Waals surface area (Å²) in [4.78, 5) is 2.54. The molecule has 1 aliphatic heterocycles. The Morgan fingerprint density at radius 2 is 1.59 bits per heavy atom. The van der Waals surface area contributed by atoms with Crippen molar-refractivity contribution in [3.8, 4) is 0 Å². The summed E-state index contributed by atoms with van der Waals surface area (Å²) in [5.41, 5.74) is 2.19. The first-order chi connectivity index (χ1) is 14.0. The highest BCUT2D eigenvalue weighted by Crippen LogP contribution is 2.47. The van der Waals surface area contributed by atoms with Crippen LogP contribution < -0.4 is 4.72 Å². The average molecular weight is 429 g/mol. The second kappa shape index (κ2) is 7.38. The summed E-state index contributed by atoms with van der Waals surface area (Å²) in [5, 5.41) is 2.79. The van der Waals surface area contributed by atoms with Crippen molar-refractivity contribution >= 4 is 32.4 Å². The fourth-order valence-corrected chi connectivity index (χ4v) is 5.84. The van der Waals surface area contributed by atoms with Crippen LogP contribution in [-0.2, 0) is 14.8 Å². The zero-order chi connectivity index (χ0) is 20.0. The third-order valence-corrected chi connectivity index (χ3v) is 7.49. The largest absolute Gasteiger partial charge is 0.379 e. The lowest BCUT2D eigenvalue weighted by molar-refractivity contribution is 0.0106. The minimum absolute atomic E-state index is 0.0675. The van der Waals surface area contributed by atoms with Crippen LogP contribution in [0.2, 0.25) is 5.02 Å². The number of hydrogen-bond acceptors (Lipinski definition) is 4. The van der Waals surface area contributed by atoms with E-state index in [1.165, 1.54) is 17.7 Å². The van der Waals surface area contributed by atoms with Gasteiger partial charge in [0.25, 0.3) is 0 Å². The Balaban J connectivity index is 1.60. The number of nitrogens with one attached hydrogen (secondary N) is 1. The van der Waals surface area contributed by atoms with Gasteiger partial charge in [0.2, 0.25) is 10.0 Å². The van der Waals surface area contributed by atoms with E-state index in [0.717, 1.165) is 29.4 Å². The lowest BCUT2D eigenvalue weighted by Gasteiger charge is -2.36. The predicted octanol–water partition coefficient (Wildman–Crippen LogP) is 3.90. The van der Waals surface area contributed by atoms with E-state index < -0.39 is 10.0 Å². The van der Waals surface area contributed by atoms with Gasteiger partial charge in [0.05, 0.1) is 30.2 Å². The molecule has 1 saturated heterocycles. The number of rotatable bonds is 4. The van der Waals surface area contributed by atoms with E-state index in [1.807, 2.05) is 18.2 Å². The van der Waals surface area contributed by atoms with Gasteiger partial charge in [-0.25, -0.2) is 13.1 Å². The van der Waals surface area contributed by atoms with E-state index >= 15 is 0 Å². The standard InChI is InChI=1S/C22H21ClN2O3S/c23-16-7-9-17(10-8-16)29(26,27)24-21-18-5-1-3-15-4-2-6-19(20(15)18)22(21)25-11-13-28-14-12-25/h1-10,21-22,24H,11-14H2/t21-,22+/m1/s1. The summed E-state index contributed by atoms with van der Waals surface area (Å²) >= 11 is 5.94. The molecule has 7 heteroatoms. The van der Waals surface area contributed by atoms with Crippen molar-refractivity contribution in [2.45, 2.75) is 17.0 Å². The summed E-state index contributed by atoms with van der Waals surface area (Å²) in [6.07, 6.45) is 0. The molecule has 1 N–H and O–H groups in total. The highest BCUT2D eigenvalue weighted by atomic mass is 35.5. The van der Waals surface area contributed by atoms with Gasteiger partial charge in [-0.3, -0.25) is 4.90 Å². The third-order valence-electron chi connectivity index (χ3n) is 5.78. The van der Waals surface area contributed by atoms with Gasteiger partial charge in [-0.05, 0) is 46.2 Å². The topological polar surface area (TPSA) is 58.6 Å². The van der Waals surface area contributed by atoms with Crippen LogP contribution in [0.5, 0.6) is 0 Å². The van der Waals surface area contributed by atoms with E-state index in [2.05, 4.69) is 27.8 Å². The molecule has 0 spiro atoms. The molecule has 29 heavy (non-hydrogen) atoms. The van der Waals surface area contributed by atoms with Crippen molar-refractivity contribution in [2.75, 3.05) is 26.3 Å². The lowest BCUT2D eigenvalue weighted by Crippen LogP contribution is -2.44. The fraction of sp³-hybridized carbons (Fsp3) is 0.273. The van der Waals surface area contributed by atoms with E-state index in [0.29, 0.717) is 18.2 Å². The van der Waals surface area contributed by atoms with Gasteiger partial charge in [-0.15, -0.1) is 0 Å². The van der Waals surface area contributed by atoms with Gasteiger partial charge < -0.3 is 4.74 Å². The number of halogens is 1. The first kappa shape index (κ1) is 19.0. The van der Waals surface area contributed by atoms with Crippen LogP contribution in [0.15, 0.2) is 65.6 Å². The van der Waals surface area contributed by atoms with Crippen molar-refractivity contribution in [3.05, 3.63) is 76.8 Å². The van der Waals surface area contributed by atoms with Gasteiger partial charge in [0, 0.05) is 18.1 Å². The molecule has 0 saturated carbocycles. The molecular weight excluding hydrogens is 408 g/mol. The smallest absolute Gasteiger partial charge is 0.241 e. The molecule has 0 unspecified atom stereocenters. The first-order valence-corrected chi connectivity index (χ1v) is 11.5. The molecule has 1 heterocycles. The lowest BCUT2D eigenvalue weighted by atomic mass is 10.0. The third kappa shape index (κ3) is 3.35. The van der Waals surface area contributed by atoms with Gasteiger partial charge in [-0.2, -0.15) is 0 Å². The molecule has 2 aliphatic rings. The fourth-order valence-electron chi connectivity index (χ4n) is 4.50. The number of morpholine rings is 1. The van der Waals surface area contributed by atoms with Crippen molar-refractivity contribution in [1.82, 2.24) is 9.62 Å². The average Bonchev–Trinajstić information content (AvgIpc) is 3.04. The first-order valence-electron chi connectivity index (χ1n) is 9.66. The monoisotopic (exact) mass is 428 g/mol. The Morgan fingerprint density at radius 1 is 0.931 bits per heavy atom. The maximum absolute atomic E-state index is 13.2. The van der Waals surface area contributed by atoms with Crippen molar-refractivity contribution in [1.29, 1.82) is 0 Å². The predicted molar refractivity (Wildman–Crippen MR) is 114 cm³/mol. The maximum Gasteiger partial charge on any atom is 0.241 e. The molecule has 3 aromatic rings. The molecule has 0 aromatic heterocycles. The summed E-state index contributed by atoms with van der Waals surface area (Å²) in [5.74, 6) is 0. The minimum Gasteiger partial charge on any atom is -0.379 e. The SMILES string of the molecule is O=S(=O)(N[C@@H]1c2cccc3cccc(c23)[C@@H]1N1CCOCC1)c1ccc(Cl)cc1. The zero-order valence-corrected chi connectivity index (χ0v) is 17.3. The molecule has 3 aromatic carbocycles. The zero-order valence-electron chi connectivity index (χ0n) is 15.7. The van der Waals surface area contributed by atoms with Crippen LogP contribution in [0.25, 0.3) is 10.8 Å². The number of nitrogens with zero attached hydrogens (tertiary/aromatic N) is 1.